The van der Waals surface area contributed by atoms with Crippen LogP contribution in [0.25, 0.3) is 0 Å². The number of rotatable bonds is 4. The Kier molecular flexibility index (Phi) is 5.29. The number of benzene rings is 3. The van der Waals surface area contributed by atoms with Gasteiger partial charge in [-0.05, 0) is 36.4 Å². The Hall–Kier alpha value is -3.60. The monoisotopic (exact) mass is 345 g/mol. The molecule has 0 saturated heterocycles. The summed E-state index contributed by atoms with van der Waals surface area (Å²) in [6, 6.07) is 27.5. The summed E-state index contributed by atoms with van der Waals surface area (Å²) in [6.07, 6.45) is 0. The molecule has 3 aromatic carbocycles. The topological polar surface area (TPSA) is 52.7 Å². The SMILES string of the molecule is CN(NC(=O)C(=O)N(c1ccccc1)c1ccccc1)c1ccccc1. The molecule has 26 heavy (non-hydrogen) atoms. The number of amides is 2. The second-order valence-electron chi connectivity index (χ2n) is 5.65. The Morgan fingerprint density at radius 2 is 1.04 bits per heavy atom. The lowest BCUT2D eigenvalue weighted by Gasteiger charge is -2.25. The van der Waals surface area contributed by atoms with E-state index in [-0.39, 0.29) is 0 Å². The highest BCUT2D eigenvalue weighted by Crippen LogP contribution is 2.25. The number of para-hydroxylation sites is 3. The molecule has 0 atom stereocenters. The van der Waals surface area contributed by atoms with Crippen molar-refractivity contribution >= 4 is 28.9 Å². The van der Waals surface area contributed by atoms with Crippen LogP contribution in [0, 0.1) is 0 Å². The van der Waals surface area contributed by atoms with Gasteiger partial charge in [-0.3, -0.25) is 24.9 Å². The van der Waals surface area contributed by atoms with E-state index < -0.39 is 11.8 Å². The van der Waals surface area contributed by atoms with Crippen molar-refractivity contribution in [2.75, 3.05) is 17.0 Å². The van der Waals surface area contributed by atoms with Crippen LogP contribution >= 0.6 is 0 Å². The van der Waals surface area contributed by atoms with E-state index >= 15 is 0 Å². The minimum absolute atomic E-state index is 0.626. The molecule has 0 aromatic heterocycles. The number of hydrazine groups is 1. The van der Waals surface area contributed by atoms with Crippen LogP contribution in [0.3, 0.4) is 0 Å². The molecule has 0 fully saturated rings. The van der Waals surface area contributed by atoms with Crippen molar-refractivity contribution in [3.05, 3.63) is 91.0 Å². The predicted octanol–water partition coefficient (Wildman–Crippen LogP) is 3.52. The minimum atomic E-state index is -0.718. The van der Waals surface area contributed by atoms with Gasteiger partial charge in [-0.1, -0.05) is 54.6 Å². The lowest BCUT2D eigenvalue weighted by atomic mass is 10.2. The molecule has 2 amide bonds. The summed E-state index contributed by atoms with van der Waals surface area (Å²) in [6.45, 7) is 0. The zero-order valence-corrected chi connectivity index (χ0v) is 14.4. The summed E-state index contributed by atoms with van der Waals surface area (Å²) < 4.78 is 0. The molecule has 3 rings (SSSR count). The van der Waals surface area contributed by atoms with E-state index in [4.69, 9.17) is 0 Å². The Balaban J connectivity index is 1.85. The van der Waals surface area contributed by atoms with Gasteiger partial charge in [0.25, 0.3) is 0 Å². The van der Waals surface area contributed by atoms with Crippen LogP contribution in [0.2, 0.25) is 0 Å². The maximum absolute atomic E-state index is 12.9. The molecular formula is C21H19N3O2. The average molecular weight is 345 g/mol. The van der Waals surface area contributed by atoms with Crippen molar-refractivity contribution in [1.29, 1.82) is 0 Å². The molecule has 0 unspecified atom stereocenters. The molecule has 0 bridgehead atoms. The van der Waals surface area contributed by atoms with E-state index in [1.165, 1.54) is 9.91 Å². The van der Waals surface area contributed by atoms with Crippen LogP contribution in [0.15, 0.2) is 91.0 Å². The smallest absolute Gasteiger partial charge is 0.288 e. The van der Waals surface area contributed by atoms with E-state index in [1.54, 1.807) is 31.3 Å². The van der Waals surface area contributed by atoms with E-state index in [2.05, 4.69) is 5.43 Å². The first-order chi connectivity index (χ1) is 12.7. The summed E-state index contributed by atoms with van der Waals surface area (Å²) in [5, 5.41) is 1.52. The summed E-state index contributed by atoms with van der Waals surface area (Å²) in [5.41, 5.74) is 4.65. The fourth-order valence-corrected chi connectivity index (χ4v) is 2.56. The molecule has 0 heterocycles. The summed E-state index contributed by atoms with van der Waals surface area (Å²) >= 11 is 0. The van der Waals surface area contributed by atoms with E-state index in [0.29, 0.717) is 11.4 Å². The normalized spacial score (nSPS) is 10.0. The third-order valence-corrected chi connectivity index (χ3v) is 3.84. The summed E-state index contributed by atoms with van der Waals surface area (Å²) in [7, 11) is 1.69. The zero-order chi connectivity index (χ0) is 18.4. The number of nitrogens with one attached hydrogen (secondary N) is 1. The maximum atomic E-state index is 12.9. The van der Waals surface area contributed by atoms with Gasteiger partial charge in [0, 0.05) is 18.4 Å². The van der Waals surface area contributed by atoms with Gasteiger partial charge in [-0.25, -0.2) is 0 Å². The van der Waals surface area contributed by atoms with Crippen LogP contribution in [-0.2, 0) is 9.59 Å². The van der Waals surface area contributed by atoms with Gasteiger partial charge in [0.1, 0.15) is 0 Å². The largest absolute Gasteiger partial charge is 0.328 e. The first-order valence-electron chi connectivity index (χ1n) is 8.21. The van der Waals surface area contributed by atoms with Crippen molar-refractivity contribution in [2.24, 2.45) is 0 Å². The number of carbonyl (C=O) groups is 2. The van der Waals surface area contributed by atoms with Gasteiger partial charge in [0.15, 0.2) is 0 Å². The average Bonchev–Trinajstić information content (AvgIpc) is 2.70. The second-order valence-corrected chi connectivity index (χ2v) is 5.65. The predicted molar refractivity (Wildman–Crippen MR) is 103 cm³/mol. The van der Waals surface area contributed by atoms with Crippen molar-refractivity contribution < 1.29 is 9.59 Å². The van der Waals surface area contributed by atoms with Gasteiger partial charge < -0.3 is 0 Å². The van der Waals surface area contributed by atoms with Gasteiger partial charge in [-0.2, -0.15) is 0 Å². The summed E-state index contributed by atoms with van der Waals surface area (Å²) in [4.78, 5) is 26.9. The van der Waals surface area contributed by atoms with Gasteiger partial charge in [0.2, 0.25) is 0 Å². The van der Waals surface area contributed by atoms with E-state index in [0.717, 1.165) is 5.69 Å². The van der Waals surface area contributed by atoms with Crippen molar-refractivity contribution in [1.82, 2.24) is 5.43 Å². The van der Waals surface area contributed by atoms with Crippen LogP contribution in [0.4, 0.5) is 17.1 Å². The lowest BCUT2D eigenvalue weighted by Crippen LogP contribution is -2.47. The highest BCUT2D eigenvalue weighted by atomic mass is 16.2. The number of hydrogen-bond acceptors (Lipinski definition) is 3. The standard InChI is InChI=1S/C21H19N3O2/c1-23(17-11-5-2-6-12-17)22-20(25)21(26)24(18-13-7-3-8-14-18)19-15-9-4-10-16-19/h2-16H,1H3,(H,22,25). The van der Waals surface area contributed by atoms with E-state index in [1.807, 2.05) is 66.7 Å². The number of anilines is 3. The Bertz CT molecular complexity index is 828. The zero-order valence-electron chi connectivity index (χ0n) is 14.4. The molecule has 3 aromatic rings. The lowest BCUT2D eigenvalue weighted by molar-refractivity contribution is -0.137. The Labute approximate surface area is 152 Å². The van der Waals surface area contributed by atoms with Gasteiger partial charge in [-0.15, -0.1) is 0 Å². The minimum Gasteiger partial charge on any atom is -0.288 e. The molecule has 0 radical (unpaired) electrons. The highest BCUT2D eigenvalue weighted by molar-refractivity contribution is 6.42. The number of nitrogens with zero attached hydrogens (tertiary/aromatic N) is 2. The number of carbonyl (C=O) groups excluding carboxylic acids is 2. The molecule has 0 saturated carbocycles. The molecule has 0 spiro atoms. The van der Waals surface area contributed by atoms with Crippen LogP contribution in [0.5, 0.6) is 0 Å². The second kappa shape index (κ2) is 7.98. The number of hydrogen-bond donors (Lipinski definition) is 1. The van der Waals surface area contributed by atoms with Crippen LogP contribution in [-0.4, -0.2) is 18.9 Å². The first-order valence-corrected chi connectivity index (χ1v) is 8.21. The quantitative estimate of drug-likeness (QED) is 0.581. The Morgan fingerprint density at radius 1 is 0.654 bits per heavy atom. The highest BCUT2D eigenvalue weighted by Gasteiger charge is 2.25. The first kappa shape index (κ1) is 17.2. The molecule has 5 nitrogen and oxygen atoms in total. The van der Waals surface area contributed by atoms with Crippen molar-refractivity contribution in [3.63, 3.8) is 0 Å². The maximum Gasteiger partial charge on any atom is 0.328 e. The molecule has 0 aliphatic rings. The fraction of sp³-hybridized carbons (Fsp3) is 0.0476. The van der Waals surface area contributed by atoms with Crippen LogP contribution in [0.1, 0.15) is 0 Å². The molecule has 0 aliphatic carbocycles. The molecular weight excluding hydrogens is 326 g/mol. The Morgan fingerprint density at radius 3 is 1.46 bits per heavy atom. The molecule has 0 aliphatic heterocycles. The van der Waals surface area contributed by atoms with Crippen molar-refractivity contribution in [3.8, 4) is 0 Å². The fourth-order valence-electron chi connectivity index (χ4n) is 2.56. The molecule has 130 valence electrons. The van der Waals surface area contributed by atoms with Gasteiger partial charge in [0.05, 0.1) is 5.69 Å². The third kappa shape index (κ3) is 3.89. The molecule has 5 heteroatoms. The van der Waals surface area contributed by atoms with E-state index in [9.17, 15) is 9.59 Å². The summed E-state index contributed by atoms with van der Waals surface area (Å²) in [5.74, 6) is -1.38. The van der Waals surface area contributed by atoms with Crippen molar-refractivity contribution in [2.45, 2.75) is 0 Å². The van der Waals surface area contributed by atoms with Crippen LogP contribution < -0.4 is 15.3 Å². The third-order valence-electron chi connectivity index (χ3n) is 3.84. The van der Waals surface area contributed by atoms with Gasteiger partial charge >= 0.3 is 11.8 Å². The molecule has 1 N–H and O–H groups in total.